The normalized spacial score (nSPS) is 10.4. The number of ether oxygens (including phenoxy) is 1. The quantitative estimate of drug-likeness (QED) is 0.664. The van der Waals surface area contributed by atoms with Crippen molar-refractivity contribution in [3.63, 3.8) is 0 Å². The van der Waals surface area contributed by atoms with Gasteiger partial charge in [-0.25, -0.2) is 4.39 Å². The predicted molar refractivity (Wildman–Crippen MR) is 72.5 cm³/mol. The van der Waals surface area contributed by atoms with Crippen LogP contribution in [0.5, 0.6) is 11.5 Å². The SMILES string of the molecule is Fc1ccc(Oc2cc(Cl)ccc2CCl)cc1Cl. The average Bonchev–Trinajstić information content (AvgIpc) is 2.34. The standard InChI is InChI=1S/C13H8Cl3FO/c14-7-8-1-2-9(15)5-13(8)18-10-3-4-12(17)11(16)6-10/h1-6H,7H2. The van der Waals surface area contributed by atoms with Crippen LogP contribution in [-0.4, -0.2) is 0 Å². The lowest BCUT2D eigenvalue weighted by atomic mass is 10.2. The van der Waals surface area contributed by atoms with E-state index in [-0.39, 0.29) is 5.02 Å². The largest absolute Gasteiger partial charge is 0.457 e. The maximum Gasteiger partial charge on any atom is 0.142 e. The maximum absolute atomic E-state index is 13.0. The van der Waals surface area contributed by atoms with Crippen molar-refractivity contribution >= 4 is 34.8 Å². The van der Waals surface area contributed by atoms with Crippen molar-refractivity contribution in [2.24, 2.45) is 0 Å². The van der Waals surface area contributed by atoms with Crippen LogP contribution in [-0.2, 0) is 5.88 Å². The zero-order valence-electron chi connectivity index (χ0n) is 9.09. The number of halogens is 4. The molecule has 0 amide bonds. The van der Waals surface area contributed by atoms with Crippen LogP contribution < -0.4 is 4.74 Å². The molecule has 0 spiro atoms. The molecule has 0 saturated carbocycles. The van der Waals surface area contributed by atoms with E-state index in [1.165, 1.54) is 18.2 Å². The third-order valence-corrected chi connectivity index (χ3v) is 3.10. The first-order chi connectivity index (χ1) is 8.60. The van der Waals surface area contributed by atoms with E-state index < -0.39 is 5.82 Å². The fourth-order valence-electron chi connectivity index (χ4n) is 1.40. The fourth-order valence-corrected chi connectivity index (χ4v) is 1.95. The van der Waals surface area contributed by atoms with Crippen LogP contribution in [0.25, 0.3) is 0 Å². The highest BCUT2D eigenvalue weighted by atomic mass is 35.5. The Kier molecular flexibility index (Phi) is 4.33. The molecule has 0 aliphatic heterocycles. The summed E-state index contributed by atoms with van der Waals surface area (Å²) >= 11 is 17.4. The minimum absolute atomic E-state index is 0.00181. The van der Waals surface area contributed by atoms with Gasteiger partial charge in [0.25, 0.3) is 0 Å². The van der Waals surface area contributed by atoms with Crippen molar-refractivity contribution in [1.82, 2.24) is 0 Å². The molecule has 0 aliphatic rings. The van der Waals surface area contributed by atoms with E-state index in [2.05, 4.69) is 0 Å². The first-order valence-electron chi connectivity index (χ1n) is 5.07. The summed E-state index contributed by atoms with van der Waals surface area (Å²) in [5.41, 5.74) is 0.793. The molecule has 0 radical (unpaired) electrons. The second-order valence-electron chi connectivity index (χ2n) is 3.56. The Hall–Kier alpha value is -0.960. The Balaban J connectivity index is 2.33. The molecule has 0 aliphatic carbocycles. The lowest BCUT2D eigenvalue weighted by Gasteiger charge is -2.10. The molecule has 0 aromatic heterocycles. The molecule has 5 heteroatoms. The van der Waals surface area contributed by atoms with Crippen molar-refractivity contribution in [1.29, 1.82) is 0 Å². The Labute approximate surface area is 119 Å². The summed E-state index contributed by atoms with van der Waals surface area (Å²) in [4.78, 5) is 0. The topological polar surface area (TPSA) is 9.23 Å². The monoisotopic (exact) mass is 304 g/mol. The van der Waals surface area contributed by atoms with E-state index >= 15 is 0 Å². The molecule has 94 valence electrons. The van der Waals surface area contributed by atoms with Crippen LogP contribution in [0.1, 0.15) is 5.56 Å². The minimum Gasteiger partial charge on any atom is -0.457 e. The fraction of sp³-hybridized carbons (Fsp3) is 0.0769. The molecule has 2 aromatic carbocycles. The summed E-state index contributed by atoms with van der Waals surface area (Å²) in [7, 11) is 0. The summed E-state index contributed by atoms with van der Waals surface area (Å²) in [6.07, 6.45) is 0. The molecule has 2 aromatic rings. The van der Waals surface area contributed by atoms with Gasteiger partial charge in [-0.05, 0) is 24.3 Å². The first kappa shape index (κ1) is 13.5. The Bertz CT molecular complexity index is 572. The number of hydrogen-bond acceptors (Lipinski definition) is 1. The summed E-state index contributed by atoms with van der Waals surface area (Å²) in [6.45, 7) is 0. The third-order valence-electron chi connectivity index (χ3n) is 2.29. The van der Waals surface area contributed by atoms with Crippen molar-refractivity contribution in [2.75, 3.05) is 0 Å². The van der Waals surface area contributed by atoms with Crippen LogP contribution >= 0.6 is 34.8 Å². The molecule has 18 heavy (non-hydrogen) atoms. The minimum atomic E-state index is -0.493. The zero-order chi connectivity index (χ0) is 13.1. The molecule has 0 N–H and O–H groups in total. The molecule has 0 atom stereocenters. The highest BCUT2D eigenvalue weighted by molar-refractivity contribution is 6.31. The second kappa shape index (κ2) is 5.79. The van der Waals surface area contributed by atoms with Crippen LogP contribution in [0.2, 0.25) is 10.0 Å². The van der Waals surface area contributed by atoms with E-state index in [1.54, 1.807) is 18.2 Å². The highest BCUT2D eigenvalue weighted by Gasteiger charge is 2.07. The van der Waals surface area contributed by atoms with Gasteiger partial charge in [-0.2, -0.15) is 0 Å². The zero-order valence-corrected chi connectivity index (χ0v) is 11.4. The van der Waals surface area contributed by atoms with Gasteiger partial charge in [0.1, 0.15) is 17.3 Å². The molecule has 1 nitrogen and oxygen atoms in total. The van der Waals surface area contributed by atoms with Crippen molar-refractivity contribution in [2.45, 2.75) is 5.88 Å². The summed E-state index contributed by atoms with van der Waals surface area (Å²) in [5, 5.41) is 0.536. The van der Waals surface area contributed by atoms with Gasteiger partial charge in [-0.1, -0.05) is 29.3 Å². The lowest BCUT2D eigenvalue weighted by molar-refractivity contribution is 0.476. The lowest BCUT2D eigenvalue weighted by Crippen LogP contribution is -1.90. The van der Waals surface area contributed by atoms with Crippen molar-refractivity contribution in [3.8, 4) is 11.5 Å². The molecule has 0 unspecified atom stereocenters. The van der Waals surface area contributed by atoms with E-state index in [9.17, 15) is 4.39 Å². The van der Waals surface area contributed by atoms with E-state index in [1.807, 2.05) is 0 Å². The van der Waals surface area contributed by atoms with Gasteiger partial charge in [0.2, 0.25) is 0 Å². The van der Waals surface area contributed by atoms with E-state index in [4.69, 9.17) is 39.5 Å². The second-order valence-corrected chi connectivity index (χ2v) is 4.67. The Morgan fingerprint density at radius 3 is 2.50 bits per heavy atom. The summed E-state index contributed by atoms with van der Waals surface area (Å²) < 4.78 is 18.6. The number of alkyl halides is 1. The van der Waals surface area contributed by atoms with Gasteiger partial charge >= 0.3 is 0 Å². The Morgan fingerprint density at radius 2 is 1.83 bits per heavy atom. The molecule has 0 heterocycles. The van der Waals surface area contributed by atoms with Gasteiger partial charge in [0.05, 0.1) is 10.9 Å². The summed E-state index contributed by atoms with van der Waals surface area (Å²) in [6, 6.07) is 9.27. The van der Waals surface area contributed by atoms with Crippen LogP contribution in [0.15, 0.2) is 36.4 Å². The predicted octanol–water partition coefficient (Wildman–Crippen LogP) is 5.66. The van der Waals surface area contributed by atoms with Crippen LogP contribution in [0.4, 0.5) is 4.39 Å². The molecule has 2 rings (SSSR count). The average molecular weight is 306 g/mol. The number of rotatable bonds is 3. The smallest absolute Gasteiger partial charge is 0.142 e. The molecule has 0 saturated heterocycles. The van der Waals surface area contributed by atoms with Gasteiger partial charge in [0, 0.05) is 16.7 Å². The Morgan fingerprint density at radius 1 is 1.06 bits per heavy atom. The molecule has 0 fully saturated rings. The van der Waals surface area contributed by atoms with Gasteiger partial charge in [0.15, 0.2) is 0 Å². The van der Waals surface area contributed by atoms with Gasteiger partial charge < -0.3 is 4.74 Å². The summed E-state index contributed by atoms with van der Waals surface area (Å²) in [5.74, 6) is 0.754. The first-order valence-corrected chi connectivity index (χ1v) is 6.36. The molecular weight excluding hydrogens is 297 g/mol. The van der Waals surface area contributed by atoms with E-state index in [0.29, 0.717) is 22.4 Å². The molecule has 0 bridgehead atoms. The van der Waals surface area contributed by atoms with Gasteiger partial charge in [-0.15, -0.1) is 11.6 Å². The maximum atomic E-state index is 13.0. The third kappa shape index (κ3) is 3.08. The molecular formula is C13H8Cl3FO. The highest BCUT2D eigenvalue weighted by Crippen LogP contribution is 2.31. The van der Waals surface area contributed by atoms with E-state index in [0.717, 1.165) is 5.56 Å². The van der Waals surface area contributed by atoms with Gasteiger partial charge in [-0.3, -0.25) is 0 Å². The van der Waals surface area contributed by atoms with Crippen molar-refractivity contribution in [3.05, 3.63) is 57.8 Å². The van der Waals surface area contributed by atoms with Crippen molar-refractivity contribution < 1.29 is 9.13 Å². The number of hydrogen-bond donors (Lipinski definition) is 0. The van der Waals surface area contributed by atoms with Crippen LogP contribution in [0, 0.1) is 5.82 Å². The van der Waals surface area contributed by atoms with Crippen LogP contribution in [0.3, 0.4) is 0 Å². The number of benzene rings is 2.